The molecule has 0 saturated carbocycles. The molecule has 18 heavy (non-hydrogen) atoms. The Morgan fingerprint density at radius 3 is 2.22 bits per heavy atom. The number of hydrogen-bond acceptors (Lipinski definition) is 3. The standard InChI is InChI=1S/C13H16BBrO3/c1-12(2)13(3,4)18-14(17-12)10-6-5-7-11(15)9(10)8-16/h5-8H,1-4H3. The molecule has 2 rings (SSSR count). The van der Waals surface area contributed by atoms with Crippen LogP contribution in [0.4, 0.5) is 0 Å². The van der Waals surface area contributed by atoms with E-state index in [1.165, 1.54) is 0 Å². The molecule has 1 saturated heterocycles. The minimum Gasteiger partial charge on any atom is -0.399 e. The maximum atomic E-state index is 11.2. The van der Waals surface area contributed by atoms with E-state index in [1.807, 2.05) is 45.9 Å². The van der Waals surface area contributed by atoms with Crippen molar-refractivity contribution in [3.8, 4) is 0 Å². The fourth-order valence-corrected chi connectivity index (χ4v) is 2.33. The summed E-state index contributed by atoms with van der Waals surface area (Å²) in [7, 11) is -0.507. The molecule has 0 amide bonds. The van der Waals surface area contributed by atoms with Gasteiger partial charge in [-0.3, -0.25) is 4.79 Å². The van der Waals surface area contributed by atoms with Gasteiger partial charge in [-0.1, -0.05) is 28.1 Å². The second-order valence-electron chi connectivity index (χ2n) is 5.45. The van der Waals surface area contributed by atoms with E-state index in [9.17, 15) is 4.79 Å². The monoisotopic (exact) mass is 310 g/mol. The van der Waals surface area contributed by atoms with Gasteiger partial charge in [0.2, 0.25) is 0 Å². The topological polar surface area (TPSA) is 35.5 Å². The van der Waals surface area contributed by atoms with Crippen molar-refractivity contribution >= 4 is 34.8 Å². The van der Waals surface area contributed by atoms with Crippen molar-refractivity contribution in [2.45, 2.75) is 38.9 Å². The Balaban J connectivity index is 2.41. The molecule has 1 aromatic rings. The van der Waals surface area contributed by atoms with Crippen LogP contribution in [-0.4, -0.2) is 24.6 Å². The summed E-state index contributed by atoms with van der Waals surface area (Å²) >= 11 is 3.37. The second kappa shape index (κ2) is 4.47. The van der Waals surface area contributed by atoms with Crippen LogP contribution < -0.4 is 5.46 Å². The molecule has 1 aromatic carbocycles. The quantitative estimate of drug-likeness (QED) is 0.622. The molecule has 0 N–H and O–H groups in total. The van der Waals surface area contributed by atoms with Crippen LogP contribution in [0.15, 0.2) is 22.7 Å². The highest BCUT2D eigenvalue weighted by molar-refractivity contribution is 9.10. The van der Waals surface area contributed by atoms with Gasteiger partial charge in [0.05, 0.1) is 11.2 Å². The fourth-order valence-electron chi connectivity index (χ4n) is 1.85. The van der Waals surface area contributed by atoms with Crippen molar-refractivity contribution in [1.82, 2.24) is 0 Å². The van der Waals surface area contributed by atoms with Crippen molar-refractivity contribution < 1.29 is 14.1 Å². The molecule has 0 aliphatic carbocycles. The van der Waals surface area contributed by atoms with Crippen LogP contribution in [-0.2, 0) is 9.31 Å². The minimum absolute atomic E-state index is 0.403. The molecule has 96 valence electrons. The summed E-state index contributed by atoms with van der Waals surface area (Å²) in [5.74, 6) is 0. The van der Waals surface area contributed by atoms with Crippen LogP contribution in [0, 0.1) is 0 Å². The van der Waals surface area contributed by atoms with Gasteiger partial charge in [0.25, 0.3) is 0 Å². The van der Waals surface area contributed by atoms with Gasteiger partial charge in [0.15, 0.2) is 6.29 Å². The number of carbonyl (C=O) groups is 1. The maximum absolute atomic E-state index is 11.2. The number of aldehydes is 1. The molecule has 0 aromatic heterocycles. The van der Waals surface area contributed by atoms with Crippen LogP contribution in [0.3, 0.4) is 0 Å². The molecule has 0 unspecified atom stereocenters. The Kier molecular flexibility index (Phi) is 3.43. The molecule has 0 bridgehead atoms. The Morgan fingerprint density at radius 1 is 1.17 bits per heavy atom. The lowest BCUT2D eigenvalue weighted by Crippen LogP contribution is -2.41. The lowest BCUT2D eigenvalue weighted by atomic mass is 9.76. The average molecular weight is 311 g/mol. The van der Waals surface area contributed by atoms with E-state index in [1.54, 1.807) is 0 Å². The molecular formula is C13H16BBrO3. The number of hydrogen-bond donors (Lipinski definition) is 0. The SMILES string of the molecule is CC1(C)OB(c2cccc(Br)c2C=O)OC1(C)C. The van der Waals surface area contributed by atoms with Gasteiger partial charge in [-0.25, -0.2) is 0 Å². The zero-order valence-electron chi connectivity index (χ0n) is 11.0. The highest BCUT2D eigenvalue weighted by Crippen LogP contribution is 2.36. The molecule has 0 radical (unpaired) electrons. The van der Waals surface area contributed by atoms with Gasteiger partial charge < -0.3 is 9.31 Å². The molecular weight excluding hydrogens is 295 g/mol. The van der Waals surface area contributed by atoms with Gasteiger partial charge in [0.1, 0.15) is 0 Å². The molecule has 1 fully saturated rings. The largest absolute Gasteiger partial charge is 0.495 e. The smallest absolute Gasteiger partial charge is 0.399 e. The highest BCUT2D eigenvalue weighted by atomic mass is 79.9. The summed E-state index contributed by atoms with van der Waals surface area (Å²) in [6.07, 6.45) is 0.824. The summed E-state index contributed by atoms with van der Waals surface area (Å²) < 4.78 is 12.6. The van der Waals surface area contributed by atoms with Gasteiger partial charge >= 0.3 is 7.12 Å². The number of rotatable bonds is 2. The second-order valence-corrected chi connectivity index (χ2v) is 6.30. The van der Waals surface area contributed by atoms with E-state index >= 15 is 0 Å². The van der Waals surface area contributed by atoms with Crippen molar-refractivity contribution in [3.63, 3.8) is 0 Å². The lowest BCUT2D eigenvalue weighted by molar-refractivity contribution is 0.00578. The third kappa shape index (κ3) is 2.15. The van der Waals surface area contributed by atoms with E-state index in [2.05, 4.69) is 15.9 Å². The Morgan fingerprint density at radius 2 is 1.72 bits per heavy atom. The number of benzene rings is 1. The van der Waals surface area contributed by atoms with Crippen molar-refractivity contribution in [2.24, 2.45) is 0 Å². The van der Waals surface area contributed by atoms with Crippen LogP contribution in [0.25, 0.3) is 0 Å². The van der Waals surface area contributed by atoms with Crippen LogP contribution in [0.2, 0.25) is 0 Å². The predicted octanol–water partition coefficient (Wildman–Crippen LogP) is 2.56. The van der Waals surface area contributed by atoms with Crippen LogP contribution in [0.5, 0.6) is 0 Å². The summed E-state index contributed by atoms with van der Waals surface area (Å²) in [6, 6.07) is 5.56. The maximum Gasteiger partial charge on any atom is 0.495 e. The van der Waals surface area contributed by atoms with E-state index in [0.717, 1.165) is 16.2 Å². The minimum atomic E-state index is -0.507. The van der Waals surface area contributed by atoms with Gasteiger partial charge in [-0.2, -0.15) is 0 Å². The number of carbonyl (C=O) groups excluding carboxylic acids is 1. The Bertz CT molecular complexity index is 469. The van der Waals surface area contributed by atoms with Crippen LogP contribution >= 0.6 is 15.9 Å². The van der Waals surface area contributed by atoms with Gasteiger partial charge in [-0.15, -0.1) is 0 Å². The van der Waals surface area contributed by atoms with Crippen molar-refractivity contribution in [3.05, 3.63) is 28.2 Å². The Hall–Kier alpha value is -0.645. The molecule has 5 heteroatoms. The summed E-state index contributed by atoms with van der Waals surface area (Å²) in [5.41, 5.74) is 0.536. The Labute approximate surface area is 116 Å². The first kappa shape index (κ1) is 13.8. The van der Waals surface area contributed by atoms with E-state index in [0.29, 0.717) is 5.56 Å². The van der Waals surface area contributed by atoms with Gasteiger partial charge in [0, 0.05) is 10.0 Å². The summed E-state index contributed by atoms with van der Waals surface area (Å²) in [5, 5.41) is 0. The third-order valence-electron chi connectivity index (χ3n) is 3.71. The fraction of sp³-hybridized carbons (Fsp3) is 0.462. The summed E-state index contributed by atoms with van der Waals surface area (Å²) in [6.45, 7) is 7.97. The lowest BCUT2D eigenvalue weighted by Gasteiger charge is -2.32. The zero-order chi connectivity index (χ0) is 13.6. The third-order valence-corrected chi connectivity index (χ3v) is 4.40. The van der Waals surface area contributed by atoms with E-state index in [-0.39, 0.29) is 0 Å². The van der Waals surface area contributed by atoms with Crippen molar-refractivity contribution in [2.75, 3.05) is 0 Å². The summed E-state index contributed by atoms with van der Waals surface area (Å²) in [4.78, 5) is 11.2. The first-order chi connectivity index (χ1) is 8.28. The molecule has 1 aliphatic rings. The first-order valence-corrected chi connectivity index (χ1v) is 6.67. The normalized spacial score (nSPS) is 21.1. The first-order valence-electron chi connectivity index (χ1n) is 5.88. The molecule has 1 aliphatic heterocycles. The van der Waals surface area contributed by atoms with E-state index in [4.69, 9.17) is 9.31 Å². The van der Waals surface area contributed by atoms with Gasteiger partial charge in [-0.05, 0) is 39.2 Å². The van der Waals surface area contributed by atoms with Crippen molar-refractivity contribution in [1.29, 1.82) is 0 Å². The molecule has 3 nitrogen and oxygen atoms in total. The average Bonchev–Trinajstić information content (AvgIpc) is 2.47. The molecule has 0 atom stereocenters. The predicted molar refractivity (Wildman–Crippen MR) is 75.2 cm³/mol. The molecule has 1 heterocycles. The molecule has 0 spiro atoms. The van der Waals surface area contributed by atoms with E-state index < -0.39 is 18.3 Å². The highest BCUT2D eigenvalue weighted by Gasteiger charge is 2.52. The zero-order valence-corrected chi connectivity index (χ0v) is 12.6. The number of halogens is 1. The van der Waals surface area contributed by atoms with Crippen LogP contribution in [0.1, 0.15) is 38.1 Å².